The number of carbonyl (C=O) groups excluding carboxylic acids is 1. The van der Waals surface area contributed by atoms with Crippen LogP contribution in [0.4, 0.5) is 11.4 Å². The molecule has 34 heavy (non-hydrogen) atoms. The van der Waals surface area contributed by atoms with Crippen LogP contribution in [-0.4, -0.2) is 37.0 Å². The molecule has 1 saturated carbocycles. The van der Waals surface area contributed by atoms with Gasteiger partial charge in [0.05, 0.1) is 11.2 Å². The van der Waals surface area contributed by atoms with Crippen LogP contribution in [0.5, 0.6) is 0 Å². The second-order valence-corrected chi connectivity index (χ2v) is 10.3. The molecule has 2 aromatic carbocycles. The summed E-state index contributed by atoms with van der Waals surface area (Å²) in [5.41, 5.74) is 1.39. The van der Waals surface area contributed by atoms with Gasteiger partial charge in [0, 0.05) is 49.0 Å². The van der Waals surface area contributed by atoms with E-state index in [1.807, 2.05) is 16.8 Å². The van der Waals surface area contributed by atoms with E-state index in [2.05, 4.69) is 20.3 Å². The molecule has 1 aromatic heterocycles. The Labute approximate surface area is 200 Å². The van der Waals surface area contributed by atoms with E-state index >= 15 is 0 Å². The molecule has 0 spiro atoms. The molecule has 1 aliphatic carbocycles. The first-order valence-electron chi connectivity index (χ1n) is 11.7. The minimum Gasteiger partial charge on any atom is -0.385 e. The molecule has 0 aliphatic heterocycles. The Hall–Kier alpha value is -3.33. The van der Waals surface area contributed by atoms with Crippen molar-refractivity contribution in [3.63, 3.8) is 0 Å². The number of para-hydroxylation sites is 1. The van der Waals surface area contributed by atoms with E-state index in [-0.39, 0.29) is 10.8 Å². The first-order chi connectivity index (χ1) is 16.5. The van der Waals surface area contributed by atoms with Gasteiger partial charge in [-0.2, -0.15) is 0 Å². The summed E-state index contributed by atoms with van der Waals surface area (Å²) in [6.45, 7) is 1.74. The number of hydrogen-bond donors (Lipinski definition) is 3. The fourth-order valence-electron chi connectivity index (χ4n) is 4.18. The van der Waals surface area contributed by atoms with Gasteiger partial charge >= 0.3 is 0 Å². The SMILES string of the molecule is O=C(NCCn1ccnc1)c1cc(NCC2CCCCC2)cc(S(=O)(=O)Nc2ccccc2)c1. The van der Waals surface area contributed by atoms with Gasteiger partial charge in [0.15, 0.2) is 0 Å². The molecule has 180 valence electrons. The van der Waals surface area contributed by atoms with Crippen LogP contribution in [0.3, 0.4) is 0 Å². The average Bonchev–Trinajstić information content (AvgIpc) is 3.37. The molecular formula is C25H31N5O3S. The molecule has 4 rings (SSSR count). The van der Waals surface area contributed by atoms with E-state index in [0.29, 0.717) is 35.9 Å². The zero-order valence-corrected chi connectivity index (χ0v) is 19.9. The third-order valence-electron chi connectivity index (χ3n) is 6.04. The van der Waals surface area contributed by atoms with Crippen molar-refractivity contribution in [2.75, 3.05) is 23.1 Å². The smallest absolute Gasteiger partial charge is 0.261 e. The molecule has 1 amide bonds. The monoisotopic (exact) mass is 481 g/mol. The molecular weight excluding hydrogens is 450 g/mol. The maximum Gasteiger partial charge on any atom is 0.261 e. The van der Waals surface area contributed by atoms with Crippen molar-refractivity contribution in [3.8, 4) is 0 Å². The predicted octanol–water partition coefficient (Wildman–Crippen LogP) is 4.11. The van der Waals surface area contributed by atoms with Gasteiger partial charge in [-0.1, -0.05) is 37.5 Å². The van der Waals surface area contributed by atoms with Crippen molar-refractivity contribution in [2.45, 2.75) is 43.5 Å². The maximum absolute atomic E-state index is 13.1. The molecule has 1 heterocycles. The Morgan fingerprint density at radius 1 is 1.03 bits per heavy atom. The first kappa shape index (κ1) is 23.8. The van der Waals surface area contributed by atoms with Crippen molar-refractivity contribution >= 4 is 27.3 Å². The molecule has 9 heteroatoms. The largest absolute Gasteiger partial charge is 0.385 e. The third kappa shape index (κ3) is 6.60. The molecule has 0 saturated heterocycles. The first-order valence-corrected chi connectivity index (χ1v) is 13.2. The van der Waals surface area contributed by atoms with E-state index in [0.717, 1.165) is 6.54 Å². The molecule has 0 bridgehead atoms. The second kappa shape index (κ2) is 11.2. The van der Waals surface area contributed by atoms with Gasteiger partial charge in [0.1, 0.15) is 0 Å². The summed E-state index contributed by atoms with van der Waals surface area (Å²) in [6.07, 6.45) is 11.3. The number of nitrogens with one attached hydrogen (secondary N) is 3. The fourth-order valence-corrected chi connectivity index (χ4v) is 5.31. The van der Waals surface area contributed by atoms with Crippen LogP contribution < -0.4 is 15.4 Å². The number of benzene rings is 2. The lowest BCUT2D eigenvalue weighted by Crippen LogP contribution is -2.27. The molecule has 3 N–H and O–H groups in total. The topological polar surface area (TPSA) is 105 Å². The van der Waals surface area contributed by atoms with Gasteiger partial charge in [-0.25, -0.2) is 13.4 Å². The number of aromatic nitrogens is 2. The lowest BCUT2D eigenvalue weighted by molar-refractivity contribution is 0.0952. The Morgan fingerprint density at radius 2 is 1.82 bits per heavy atom. The van der Waals surface area contributed by atoms with Gasteiger partial charge in [-0.3, -0.25) is 9.52 Å². The van der Waals surface area contributed by atoms with Gasteiger partial charge in [0.2, 0.25) is 0 Å². The normalized spacial score (nSPS) is 14.5. The van der Waals surface area contributed by atoms with Crippen molar-refractivity contribution in [1.82, 2.24) is 14.9 Å². The van der Waals surface area contributed by atoms with Crippen LogP contribution >= 0.6 is 0 Å². The minimum absolute atomic E-state index is 0.0461. The molecule has 0 unspecified atom stereocenters. The molecule has 1 aliphatic rings. The summed E-state index contributed by atoms with van der Waals surface area (Å²) >= 11 is 0. The van der Waals surface area contributed by atoms with Crippen LogP contribution in [0, 0.1) is 5.92 Å². The quantitative estimate of drug-likeness (QED) is 0.404. The lowest BCUT2D eigenvalue weighted by atomic mass is 9.89. The molecule has 0 radical (unpaired) electrons. The van der Waals surface area contributed by atoms with Crippen LogP contribution in [0.2, 0.25) is 0 Å². The number of sulfonamides is 1. The molecule has 3 aromatic rings. The van der Waals surface area contributed by atoms with E-state index in [1.54, 1.807) is 48.9 Å². The zero-order chi connectivity index (χ0) is 23.8. The van der Waals surface area contributed by atoms with Crippen molar-refractivity contribution in [3.05, 3.63) is 72.8 Å². The van der Waals surface area contributed by atoms with Gasteiger partial charge in [0.25, 0.3) is 15.9 Å². The molecule has 8 nitrogen and oxygen atoms in total. The summed E-state index contributed by atoms with van der Waals surface area (Å²) < 4.78 is 30.7. The third-order valence-corrected chi connectivity index (χ3v) is 7.40. The van der Waals surface area contributed by atoms with Gasteiger partial charge < -0.3 is 15.2 Å². The number of amides is 1. The Bertz CT molecular complexity index is 1170. The van der Waals surface area contributed by atoms with Crippen LogP contribution in [-0.2, 0) is 16.6 Å². The number of imidazole rings is 1. The van der Waals surface area contributed by atoms with E-state index in [9.17, 15) is 13.2 Å². The Kier molecular flexibility index (Phi) is 7.84. The number of nitrogens with zero attached hydrogens (tertiary/aromatic N) is 2. The fraction of sp³-hybridized carbons (Fsp3) is 0.360. The van der Waals surface area contributed by atoms with Crippen LogP contribution in [0.15, 0.2) is 72.1 Å². The number of hydrogen-bond acceptors (Lipinski definition) is 5. The Balaban J connectivity index is 1.52. The van der Waals surface area contributed by atoms with Crippen LogP contribution in [0.25, 0.3) is 0 Å². The number of anilines is 2. The van der Waals surface area contributed by atoms with Crippen molar-refractivity contribution < 1.29 is 13.2 Å². The highest BCUT2D eigenvalue weighted by molar-refractivity contribution is 7.92. The van der Waals surface area contributed by atoms with Crippen molar-refractivity contribution in [2.24, 2.45) is 5.92 Å². The van der Waals surface area contributed by atoms with Gasteiger partial charge in [-0.05, 0) is 49.1 Å². The van der Waals surface area contributed by atoms with E-state index < -0.39 is 10.0 Å². The second-order valence-electron chi connectivity index (χ2n) is 8.66. The molecule has 0 atom stereocenters. The summed E-state index contributed by atoms with van der Waals surface area (Å²) in [5.74, 6) is 0.238. The lowest BCUT2D eigenvalue weighted by Gasteiger charge is -2.22. The highest BCUT2D eigenvalue weighted by Crippen LogP contribution is 2.26. The predicted molar refractivity (Wildman–Crippen MR) is 133 cm³/mol. The number of rotatable bonds is 10. The molecule has 1 fully saturated rings. The average molecular weight is 482 g/mol. The van der Waals surface area contributed by atoms with Gasteiger partial charge in [-0.15, -0.1) is 0 Å². The highest BCUT2D eigenvalue weighted by Gasteiger charge is 2.20. The summed E-state index contributed by atoms with van der Waals surface area (Å²) in [7, 11) is -3.87. The number of carbonyl (C=O) groups is 1. The minimum atomic E-state index is -3.87. The van der Waals surface area contributed by atoms with Crippen LogP contribution in [0.1, 0.15) is 42.5 Å². The van der Waals surface area contributed by atoms with E-state index in [1.165, 1.54) is 38.2 Å². The maximum atomic E-state index is 13.1. The summed E-state index contributed by atoms with van der Waals surface area (Å²) in [4.78, 5) is 16.9. The standard InChI is InChI=1S/C25H31N5O3S/c31-25(27-12-14-30-13-11-26-19-30)21-15-23(28-18-20-7-3-1-4-8-20)17-24(16-21)34(32,33)29-22-9-5-2-6-10-22/h2,5-6,9-11,13,15-17,19-20,28-29H,1,3-4,7-8,12,14,18H2,(H,27,31). The zero-order valence-electron chi connectivity index (χ0n) is 19.1. The highest BCUT2D eigenvalue weighted by atomic mass is 32.2. The van der Waals surface area contributed by atoms with Crippen molar-refractivity contribution in [1.29, 1.82) is 0 Å². The summed E-state index contributed by atoms with van der Waals surface area (Å²) in [5, 5.41) is 6.25. The Morgan fingerprint density at radius 3 is 2.56 bits per heavy atom. The van der Waals surface area contributed by atoms with E-state index in [4.69, 9.17) is 0 Å². The summed E-state index contributed by atoms with van der Waals surface area (Å²) in [6, 6.07) is 13.5.